The lowest BCUT2D eigenvalue weighted by Crippen LogP contribution is -2.31. The Morgan fingerprint density at radius 2 is 1.73 bits per heavy atom. The minimum atomic E-state index is -0.522. The molecule has 2 heterocycles. The highest BCUT2D eigenvalue weighted by Gasteiger charge is 2.33. The standard InChI is InChI=1S/C25H23ClN4O3/c1-15(2)12-13-29-24(32)20(27-25(29)33)14-19-22(17-8-10-18(26)11-9-17)28-30(23(19)31)21-7-5-4-6-16(21)3/h4-12,14,28H,13H2,1-3H3,(H,27,33). The summed E-state index contributed by atoms with van der Waals surface area (Å²) in [6, 6.07) is 14.0. The summed E-state index contributed by atoms with van der Waals surface area (Å²) < 4.78 is 1.44. The number of halogens is 1. The number of H-pyrrole nitrogens is 1. The summed E-state index contributed by atoms with van der Waals surface area (Å²) in [5.41, 5.74) is 3.77. The van der Waals surface area contributed by atoms with E-state index in [1.807, 2.05) is 45.0 Å². The third-order valence-corrected chi connectivity index (χ3v) is 5.60. The molecule has 3 aromatic rings. The van der Waals surface area contributed by atoms with Crippen LogP contribution in [0.3, 0.4) is 0 Å². The third kappa shape index (κ3) is 4.40. The van der Waals surface area contributed by atoms with Gasteiger partial charge in [0.1, 0.15) is 5.70 Å². The van der Waals surface area contributed by atoms with E-state index in [9.17, 15) is 14.4 Å². The Morgan fingerprint density at radius 1 is 1.03 bits per heavy atom. The molecule has 1 aliphatic heterocycles. The molecule has 0 radical (unpaired) electrons. The molecule has 1 saturated heterocycles. The zero-order valence-corrected chi connectivity index (χ0v) is 19.2. The van der Waals surface area contributed by atoms with Crippen LogP contribution >= 0.6 is 11.6 Å². The molecule has 1 aliphatic rings. The van der Waals surface area contributed by atoms with Crippen molar-refractivity contribution in [2.45, 2.75) is 20.8 Å². The lowest BCUT2D eigenvalue weighted by Gasteiger charge is -2.08. The van der Waals surface area contributed by atoms with Crippen molar-refractivity contribution in [3.8, 4) is 16.9 Å². The molecular formula is C25H23ClN4O3. The van der Waals surface area contributed by atoms with E-state index in [0.717, 1.165) is 16.0 Å². The summed E-state index contributed by atoms with van der Waals surface area (Å²) >= 11 is 6.04. The predicted octanol–water partition coefficient (Wildman–Crippen LogP) is 4.65. The van der Waals surface area contributed by atoms with Crippen LogP contribution in [0, 0.1) is 6.92 Å². The fourth-order valence-electron chi connectivity index (χ4n) is 3.56. The predicted molar refractivity (Wildman–Crippen MR) is 129 cm³/mol. The van der Waals surface area contributed by atoms with Gasteiger partial charge in [0.2, 0.25) is 0 Å². The van der Waals surface area contributed by atoms with Crippen LogP contribution in [0.1, 0.15) is 25.0 Å². The number of para-hydroxylation sites is 1. The summed E-state index contributed by atoms with van der Waals surface area (Å²) in [5, 5.41) is 6.31. The quantitative estimate of drug-likeness (QED) is 0.328. The normalized spacial score (nSPS) is 14.7. The molecule has 168 valence electrons. The minimum Gasteiger partial charge on any atom is -0.303 e. The number of rotatable bonds is 5. The summed E-state index contributed by atoms with van der Waals surface area (Å²) in [7, 11) is 0. The molecule has 0 unspecified atom stereocenters. The molecule has 2 N–H and O–H groups in total. The first-order valence-electron chi connectivity index (χ1n) is 10.4. The van der Waals surface area contributed by atoms with Crippen molar-refractivity contribution in [3.63, 3.8) is 0 Å². The van der Waals surface area contributed by atoms with Gasteiger partial charge in [0.15, 0.2) is 0 Å². The number of carbonyl (C=O) groups is 2. The Kier molecular flexibility index (Phi) is 6.07. The van der Waals surface area contributed by atoms with E-state index in [1.54, 1.807) is 30.3 Å². The van der Waals surface area contributed by atoms with E-state index >= 15 is 0 Å². The minimum absolute atomic E-state index is 0.0467. The lowest BCUT2D eigenvalue weighted by molar-refractivity contribution is -0.122. The molecule has 3 amide bonds. The van der Waals surface area contributed by atoms with Crippen molar-refractivity contribution in [2.24, 2.45) is 0 Å². The van der Waals surface area contributed by atoms with Crippen LogP contribution < -0.4 is 10.9 Å². The van der Waals surface area contributed by atoms with Gasteiger partial charge in [0, 0.05) is 17.1 Å². The molecule has 4 rings (SSSR count). The Bertz CT molecular complexity index is 1360. The number of amides is 3. The SMILES string of the molecule is CC(C)=CCN1C(=O)NC(=Cc2c(-c3ccc(Cl)cc3)[nH]n(-c3ccccc3C)c2=O)C1=O. The zero-order valence-electron chi connectivity index (χ0n) is 18.5. The maximum atomic E-state index is 13.5. The molecule has 2 aromatic carbocycles. The van der Waals surface area contributed by atoms with E-state index in [4.69, 9.17) is 11.6 Å². The van der Waals surface area contributed by atoms with E-state index < -0.39 is 11.9 Å². The first-order valence-corrected chi connectivity index (χ1v) is 10.8. The van der Waals surface area contributed by atoms with Crippen molar-refractivity contribution in [1.29, 1.82) is 0 Å². The number of allylic oxidation sites excluding steroid dienone is 1. The second-order valence-electron chi connectivity index (χ2n) is 8.02. The Labute approximate surface area is 196 Å². The third-order valence-electron chi connectivity index (χ3n) is 5.35. The number of nitrogens with one attached hydrogen (secondary N) is 2. The van der Waals surface area contributed by atoms with Crippen LogP contribution in [-0.4, -0.2) is 33.2 Å². The van der Waals surface area contributed by atoms with E-state index in [-0.39, 0.29) is 23.4 Å². The van der Waals surface area contributed by atoms with Crippen LogP contribution in [0.2, 0.25) is 5.02 Å². The number of urea groups is 1. The Morgan fingerprint density at radius 3 is 2.39 bits per heavy atom. The first kappa shape index (κ1) is 22.4. The second kappa shape index (κ2) is 8.96. The van der Waals surface area contributed by atoms with Gasteiger partial charge in [-0.2, -0.15) is 0 Å². The largest absolute Gasteiger partial charge is 0.329 e. The fourth-order valence-corrected chi connectivity index (χ4v) is 3.69. The number of benzene rings is 2. The highest BCUT2D eigenvalue weighted by atomic mass is 35.5. The Balaban J connectivity index is 1.85. The molecule has 1 aromatic heterocycles. The van der Waals surface area contributed by atoms with Crippen molar-refractivity contribution >= 4 is 29.6 Å². The second-order valence-corrected chi connectivity index (χ2v) is 8.46. The maximum Gasteiger partial charge on any atom is 0.329 e. The molecule has 0 bridgehead atoms. The highest BCUT2D eigenvalue weighted by Crippen LogP contribution is 2.26. The van der Waals surface area contributed by atoms with Gasteiger partial charge < -0.3 is 5.32 Å². The first-order chi connectivity index (χ1) is 15.8. The van der Waals surface area contributed by atoms with Crippen LogP contribution in [-0.2, 0) is 4.79 Å². The molecule has 1 fully saturated rings. The molecule has 0 atom stereocenters. The maximum absolute atomic E-state index is 13.5. The van der Waals surface area contributed by atoms with Crippen molar-refractivity contribution in [1.82, 2.24) is 20.0 Å². The average molecular weight is 463 g/mol. The molecule has 0 saturated carbocycles. The number of imide groups is 1. The molecule has 0 aliphatic carbocycles. The summed E-state index contributed by atoms with van der Waals surface area (Å²) in [5.74, 6) is -0.484. The van der Waals surface area contributed by atoms with Gasteiger partial charge >= 0.3 is 6.03 Å². The number of aryl methyl sites for hydroxylation is 1. The topological polar surface area (TPSA) is 87.2 Å². The van der Waals surface area contributed by atoms with Crippen LogP contribution in [0.5, 0.6) is 0 Å². The van der Waals surface area contributed by atoms with Crippen molar-refractivity contribution in [3.05, 3.63) is 92.4 Å². The molecule has 7 nitrogen and oxygen atoms in total. The van der Waals surface area contributed by atoms with Gasteiger partial charge in [-0.3, -0.25) is 19.6 Å². The zero-order chi connectivity index (χ0) is 23.7. The summed E-state index contributed by atoms with van der Waals surface area (Å²) in [4.78, 5) is 39.8. The highest BCUT2D eigenvalue weighted by molar-refractivity contribution is 6.30. The van der Waals surface area contributed by atoms with Gasteiger partial charge in [-0.1, -0.05) is 53.6 Å². The molecular weight excluding hydrogens is 440 g/mol. The van der Waals surface area contributed by atoms with Crippen molar-refractivity contribution in [2.75, 3.05) is 6.54 Å². The number of aromatic nitrogens is 2. The number of aromatic amines is 1. The number of hydrogen-bond donors (Lipinski definition) is 2. The van der Waals surface area contributed by atoms with Gasteiger partial charge in [-0.05, 0) is 50.6 Å². The fraction of sp³-hybridized carbons (Fsp3) is 0.160. The number of carbonyl (C=O) groups excluding carboxylic acids is 2. The smallest absolute Gasteiger partial charge is 0.303 e. The van der Waals surface area contributed by atoms with E-state index in [2.05, 4.69) is 10.4 Å². The monoisotopic (exact) mass is 462 g/mol. The molecule has 33 heavy (non-hydrogen) atoms. The van der Waals surface area contributed by atoms with Crippen molar-refractivity contribution < 1.29 is 9.59 Å². The van der Waals surface area contributed by atoms with Gasteiger partial charge in [-0.25, -0.2) is 9.48 Å². The summed E-state index contributed by atoms with van der Waals surface area (Å²) in [6.07, 6.45) is 3.22. The number of hydrogen-bond acceptors (Lipinski definition) is 3. The van der Waals surface area contributed by atoms with Gasteiger partial charge in [0.05, 0.1) is 16.9 Å². The van der Waals surface area contributed by atoms with E-state index in [0.29, 0.717) is 22.0 Å². The summed E-state index contributed by atoms with van der Waals surface area (Å²) in [6.45, 7) is 5.85. The van der Waals surface area contributed by atoms with Crippen LogP contribution in [0.4, 0.5) is 4.79 Å². The Hall–Kier alpha value is -3.84. The lowest BCUT2D eigenvalue weighted by atomic mass is 10.1. The van der Waals surface area contributed by atoms with Gasteiger partial charge in [0.25, 0.3) is 11.5 Å². The van der Waals surface area contributed by atoms with Gasteiger partial charge in [-0.15, -0.1) is 0 Å². The van der Waals surface area contributed by atoms with Crippen LogP contribution in [0.25, 0.3) is 23.0 Å². The average Bonchev–Trinajstić information content (AvgIpc) is 3.23. The molecule has 8 heteroatoms. The van der Waals surface area contributed by atoms with E-state index in [1.165, 1.54) is 10.8 Å². The van der Waals surface area contributed by atoms with Crippen LogP contribution in [0.15, 0.2) is 70.7 Å². The molecule has 0 spiro atoms. The number of nitrogens with zero attached hydrogens (tertiary/aromatic N) is 2.